The number of rotatable bonds is 2. The van der Waals surface area contributed by atoms with E-state index in [1.165, 1.54) is 10.4 Å². The van der Waals surface area contributed by atoms with Gasteiger partial charge in [0.15, 0.2) is 14.8 Å². The van der Waals surface area contributed by atoms with E-state index in [-0.39, 0.29) is 20.2 Å². The largest absolute Gasteiger partial charge is 0.197 e. The van der Waals surface area contributed by atoms with E-state index in [0.29, 0.717) is 0 Å². The Bertz CT molecular complexity index is 536. The van der Waals surface area contributed by atoms with Crippen molar-refractivity contribution in [2.45, 2.75) is 103 Å². The third-order valence-electron chi connectivity index (χ3n) is 5.81. The summed E-state index contributed by atoms with van der Waals surface area (Å²) < 4.78 is 0. The highest BCUT2D eigenvalue weighted by Gasteiger charge is 2.55. The van der Waals surface area contributed by atoms with Crippen molar-refractivity contribution in [1.29, 1.82) is 0 Å². The van der Waals surface area contributed by atoms with Crippen molar-refractivity contribution in [3.63, 3.8) is 0 Å². The van der Waals surface area contributed by atoms with Gasteiger partial charge in [0, 0.05) is 0 Å². The van der Waals surface area contributed by atoms with Crippen molar-refractivity contribution >= 4 is 47.3 Å². The van der Waals surface area contributed by atoms with E-state index in [9.17, 15) is 0 Å². The fourth-order valence-corrected chi connectivity index (χ4v) is 14.9. The van der Waals surface area contributed by atoms with Crippen LogP contribution in [0.25, 0.3) is 0 Å². The van der Waals surface area contributed by atoms with Crippen molar-refractivity contribution in [3.8, 4) is 0 Å². The van der Waals surface area contributed by atoms with E-state index in [4.69, 9.17) is 22.2 Å². The highest BCUT2D eigenvalue weighted by molar-refractivity contribution is 7.31. The Labute approximate surface area is 174 Å². The van der Waals surface area contributed by atoms with E-state index in [1.807, 2.05) is 0 Å². The van der Waals surface area contributed by atoms with Crippen LogP contribution in [0.3, 0.4) is 0 Å². The average Bonchev–Trinajstić information content (AvgIpc) is 2.40. The SMILES string of the molecule is CC(C)(C)[Si](Cl)(c1ccc([Si](Cl)(C(C)(C)C)C(C)(C)C)cc1)C(C)(C)C. The monoisotopic (exact) mass is 430 g/mol. The summed E-state index contributed by atoms with van der Waals surface area (Å²) in [6.45, 7) is 27.5. The fraction of sp³-hybridized carbons (Fsp3) is 0.727. The van der Waals surface area contributed by atoms with Gasteiger partial charge < -0.3 is 0 Å². The maximum atomic E-state index is 7.48. The van der Waals surface area contributed by atoms with Gasteiger partial charge >= 0.3 is 0 Å². The van der Waals surface area contributed by atoms with Gasteiger partial charge in [-0.1, -0.05) is 107 Å². The molecule has 0 aromatic heterocycles. The third kappa shape index (κ3) is 3.86. The van der Waals surface area contributed by atoms with Gasteiger partial charge in [-0.15, -0.1) is 0 Å². The standard InChI is InChI=1S/C22H40Cl2Si2/c1-19(2,3)25(23,20(4,5)6)17-13-15-18(16-14-17)26(24,21(7,8)9)22(10,11)12/h13-16H,1-12H3. The zero-order valence-electron chi connectivity index (χ0n) is 19.1. The highest BCUT2D eigenvalue weighted by atomic mass is 35.6. The lowest BCUT2D eigenvalue weighted by Gasteiger charge is -2.48. The first kappa shape index (κ1) is 24.3. The molecule has 0 saturated heterocycles. The Kier molecular flexibility index (Phi) is 6.47. The zero-order valence-corrected chi connectivity index (χ0v) is 22.6. The molecule has 0 unspecified atom stereocenters. The summed E-state index contributed by atoms with van der Waals surface area (Å²) in [5.74, 6) is 0. The number of hydrogen-bond acceptors (Lipinski definition) is 0. The van der Waals surface area contributed by atoms with E-state index < -0.39 is 14.8 Å². The summed E-state index contributed by atoms with van der Waals surface area (Å²) in [7, 11) is -4.52. The molecule has 0 aliphatic heterocycles. The molecule has 0 nitrogen and oxygen atoms in total. The van der Waals surface area contributed by atoms with Gasteiger partial charge in [0.25, 0.3) is 0 Å². The maximum absolute atomic E-state index is 7.48. The van der Waals surface area contributed by atoms with Crippen LogP contribution in [0.15, 0.2) is 24.3 Å². The van der Waals surface area contributed by atoms with E-state index in [2.05, 4.69) is 107 Å². The second-order valence-corrected chi connectivity index (χ2v) is 25.1. The number of halogens is 2. The van der Waals surface area contributed by atoms with Crippen LogP contribution >= 0.6 is 22.2 Å². The van der Waals surface area contributed by atoms with Crippen LogP contribution < -0.4 is 10.4 Å². The van der Waals surface area contributed by atoms with E-state index in [0.717, 1.165) is 0 Å². The van der Waals surface area contributed by atoms with Crippen LogP contribution in [0.1, 0.15) is 83.1 Å². The second kappa shape index (κ2) is 6.93. The lowest BCUT2D eigenvalue weighted by Crippen LogP contribution is -2.59. The number of benzene rings is 1. The summed E-state index contributed by atoms with van der Waals surface area (Å²) in [5, 5.41) is 2.91. The van der Waals surface area contributed by atoms with Crippen molar-refractivity contribution in [2.24, 2.45) is 0 Å². The van der Waals surface area contributed by atoms with Gasteiger partial charge in [0.2, 0.25) is 0 Å². The Morgan fingerprint density at radius 2 is 0.615 bits per heavy atom. The Morgan fingerprint density at radius 3 is 0.731 bits per heavy atom. The fourth-order valence-electron chi connectivity index (χ4n) is 4.91. The van der Waals surface area contributed by atoms with Crippen molar-refractivity contribution in [3.05, 3.63) is 24.3 Å². The van der Waals surface area contributed by atoms with Gasteiger partial charge in [0.05, 0.1) is 0 Å². The van der Waals surface area contributed by atoms with Crippen LogP contribution in [-0.4, -0.2) is 14.8 Å². The van der Waals surface area contributed by atoms with Crippen LogP contribution in [-0.2, 0) is 0 Å². The van der Waals surface area contributed by atoms with Crippen molar-refractivity contribution < 1.29 is 0 Å². The molecule has 1 rings (SSSR count). The number of hydrogen-bond donors (Lipinski definition) is 0. The molecule has 0 aliphatic carbocycles. The quantitative estimate of drug-likeness (QED) is 0.333. The summed E-state index contributed by atoms with van der Waals surface area (Å²) in [6, 6.07) is 9.14. The van der Waals surface area contributed by atoms with Crippen molar-refractivity contribution in [2.75, 3.05) is 0 Å². The molecule has 0 atom stereocenters. The normalized spacial score (nSPS) is 15.3. The Balaban J connectivity index is 3.61. The molecule has 0 saturated carbocycles. The minimum atomic E-state index is -2.26. The minimum absolute atomic E-state index is 0.0673. The molecule has 0 fully saturated rings. The molecule has 4 heteroatoms. The first-order valence-corrected chi connectivity index (χ1v) is 15.7. The summed E-state index contributed by atoms with van der Waals surface area (Å²) >= 11 is 15.0. The molecule has 0 heterocycles. The Hall–Kier alpha value is 0.234. The first-order valence-electron chi connectivity index (χ1n) is 9.70. The van der Waals surface area contributed by atoms with Gasteiger partial charge in [-0.3, -0.25) is 0 Å². The molecule has 1 aromatic rings. The van der Waals surface area contributed by atoms with Gasteiger partial charge in [-0.2, -0.15) is 22.2 Å². The highest BCUT2D eigenvalue weighted by Crippen LogP contribution is 2.54. The predicted octanol–water partition coefficient (Wildman–Crippen LogP) is 7.67. The third-order valence-corrected chi connectivity index (χ3v) is 24.5. The second-order valence-electron chi connectivity index (χ2n) is 11.9. The minimum Gasteiger partial charge on any atom is -0.160 e. The molecular formula is C22H40Cl2Si2. The molecule has 0 bridgehead atoms. The summed E-state index contributed by atoms with van der Waals surface area (Å²) in [4.78, 5) is 0. The molecule has 26 heavy (non-hydrogen) atoms. The molecule has 0 N–H and O–H groups in total. The molecule has 0 amide bonds. The van der Waals surface area contributed by atoms with Crippen LogP contribution in [0.4, 0.5) is 0 Å². The van der Waals surface area contributed by atoms with Crippen LogP contribution in [0, 0.1) is 0 Å². The average molecular weight is 432 g/mol. The lowest BCUT2D eigenvalue weighted by molar-refractivity contribution is 0.643. The molecule has 0 radical (unpaired) electrons. The van der Waals surface area contributed by atoms with Gasteiger partial charge in [0.1, 0.15) is 0 Å². The van der Waals surface area contributed by atoms with Crippen molar-refractivity contribution in [1.82, 2.24) is 0 Å². The molecule has 0 spiro atoms. The van der Waals surface area contributed by atoms with Crippen LogP contribution in [0.5, 0.6) is 0 Å². The lowest BCUT2D eigenvalue weighted by atomic mass is 10.2. The Morgan fingerprint density at radius 1 is 0.462 bits per heavy atom. The summed E-state index contributed by atoms with van der Waals surface area (Å²) in [5.41, 5.74) is 0. The summed E-state index contributed by atoms with van der Waals surface area (Å²) in [6.07, 6.45) is 0. The van der Waals surface area contributed by atoms with E-state index in [1.54, 1.807) is 0 Å². The topological polar surface area (TPSA) is 0 Å². The van der Waals surface area contributed by atoms with Gasteiger partial charge in [-0.25, -0.2) is 0 Å². The van der Waals surface area contributed by atoms with Gasteiger partial charge in [-0.05, 0) is 30.5 Å². The van der Waals surface area contributed by atoms with Crippen LogP contribution in [0.2, 0.25) is 20.2 Å². The maximum Gasteiger partial charge on any atom is 0.197 e. The molecular weight excluding hydrogens is 391 g/mol. The first-order chi connectivity index (χ1) is 11.2. The molecule has 0 aliphatic rings. The zero-order chi connectivity index (χ0) is 21.0. The predicted molar refractivity (Wildman–Crippen MR) is 128 cm³/mol. The molecule has 150 valence electrons. The molecule has 1 aromatic carbocycles. The smallest absolute Gasteiger partial charge is 0.160 e. The van der Waals surface area contributed by atoms with E-state index >= 15 is 0 Å².